The number of piperidine rings is 1. The summed E-state index contributed by atoms with van der Waals surface area (Å²) in [5, 5.41) is 5.90. The Morgan fingerprint density at radius 3 is 2.58 bits per heavy atom. The van der Waals surface area contributed by atoms with Crippen LogP contribution in [0.15, 0.2) is 47.4 Å². The zero-order chi connectivity index (χ0) is 26.7. The quantitative estimate of drug-likeness (QED) is 0.565. The third-order valence-electron chi connectivity index (χ3n) is 8.00. The summed E-state index contributed by atoms with van der Waals surface area (Å²) in [5.74, 6) is -0.565. The number of rotatable bonds is 7. The first kappa shape index (κ1) is 26.8. The molecule has 1 aliphatic carbocycles. The van der Waals surface area contributed by atoms with Crippen molar-refractivity contribution in [3.05, 3.63) is 64.7 Å². The van der Waals surface area contributed by atoms with Gasteiger partial charge in [0.2, 0.25) is 21.8 Å². The number of likely N-dealkylation sites (tertiary alicyclic amines) is 1. The lowest BCUT2D eigenvalue weighted by molar-refractivity contribution is -0.127. The SMILES string of the molecule is Cc1ccc(S(=O)(=O)N2CC(=O)NCC2CC(=O)N[C@@H]2CCCc3cc(CN4CCCCC4)ccc32)cc1. The second kappa shape index (κ2) is 11.6. The maximum atomic E-state index is 13.4. The summed E-state index contributed by atoms with van der Waals surface area (Å²) in [6.45, 7) is 5.00. The highest BCUT2D eigenvalue weighted by Gasteiger charge is 2.38. The molecule has 0 radical (unpaired) electrons. The number of hydrogen-bond donors (Lipinski definition) is 2. The van der Waals surface area contributed by atoms with Crippen LogP contribution in [0.1, 0.15) is 66.8 Å². The van der Waals surface area contributed by atoms with Crippen LogP contribution < -0.4 is 10.6 Å². The van der Waals surface area contributed by atoms with Gasteiger partial charge >= 0.3 is 0 Å². The first-order valence-corrected chi connectivity index (χ1v) is 15.2. The van der Waals surface area contributed by atoms with E-state index in [-0.39, 0.29) is 42.3 Å². The third-order valence-corrected chi connectivity index (χ3v) is 9.91. The van der Waals surface area contributed by atoms with Crippen LogP contribution in [-0.2, 0) is 32.6 Å². The smallest absolute Gasteiger partial charge is 0.243 e. The maximum absolute atomic E-state index is 13.4. The molecular weight excluding hydrogens is 500 g/mol. The number of hydrogen-bond acceptors (Lipinski definition) is 5. The van der Waals surface area contributed by atoms with Gasteiger partial charge < -0.3 is 10.6 Å². The fraction of sp³-hybridized carbons (Fsp3) is 0.517. The zero-order valence-electron chi connectivity index (χ0n) is 22.1. The van der Waals surface area contributed by atoms with Crippen molar-refractivity contribution < 1.29 is 18.0 Å². The van der Waals surface area contributed by atoms with Gasteiger partial charge in [-0.15, -0.1) is 0 Å². The minimum atomic E-state index is -3.92. The largest absolute Gasteiger partial charge is 0.353 e. The first-order valence-electron chi connectivity index (χ1n) is 13.8. The van der Waals surface area contributed by atoms with E-state index >= 15 is 0 Å². The van der Waals surface area contributed by atoms with E-state index in [1.165, 1.54) is 34.7 Å². The summed E-state index contributed by atoms with van der Waals surface area (Å²) in [7, 11) is -3.92. The highest BCUT2D eigenvalue weighted by atomic mass is 32.2. The van der Waals surface area contributed by atoms with Crippen molar-refractivity contribution in [2.75, 3.05) is 26.2 Å². The van der Waals surface area contributed by atoms with Crippen molar-refractivity contribution in [3.8, 4) is 0 Å². The van der Waals surface area contributed by atoms with Crippen LogP contribution in [0.3, 0.4) is 0 Å². The standard InChI is InChI=1S/C29H38N4O4S/c1-21-8-11-25(12-9-21)38(36,37)33-20-29(35)30-18-24(33)17-28(34)31-27-7-5-6-23-16-22(10-13-26(23)27)19-32-14-3-2-4-15-32/h8-13,16,24,27H,2-7,14-15,17-20H2,1H3,(H,30,35)(H,31,34)/t24?,27-/m1/s1. The summed E-state index contributed by atoms with van der Waals surface area (Å²) in [6.07, 6.45) is 6.72. The molecule has 0 aromatic heterocycles. The van der Waals surface area contributed by atoms with Crippen LogP contribution >= 0.6 is 0 Å². The van der Waals surface area contributed by atoms with Crippen LogP contribution in [0, 0.1) is 6.92 Å². The number of nitrogens with zero attached hydrogens (tertiary/aromatic N) is 2. The molecule has 0 spiro atoms. The fourth-order valence-corrected chi connectivity index (χ4v) is 7.50. The van der Waals surface area contributed by atoms with Crippen LogP contribution in [0.5, 0.6) is 0 Å². The van der Waals surface area contributed by atoms with Gasteiger partial charge in [0.15, 0.2) is 0 Å². The van der Waals surface area contributed by atoms with E-state index in [0.717, 1.165) is 50.0 Å². The lowest BCUT2D eigenvalue weighted by atomic mass is 9.86. The molecule has 2 fully saturated rings. The summed E-state index contributed by atoms with van der Waals surface area (Å²) >= 11 is 0. The lowest BCUT2D eigenvalue weighted by Crippen LogP contribution is -2.57. The molecule has 1 unspecified atom stereocenters. The Morgan fingerprint density at radius 2 is 1.82 bits per heavy atom. The lowest BCUT2D eigenvalue weighted by Gasteiger charge is -2.35. The van der Waals surface area contributed by atoms with Gasteiger partial charge in [-0.3, -0.25) is 14.5 Å². The number of piperazine rings is 1. The zero-order valence-corrected chi connectivity index (χ0v) is 22.9. The highest BCUT2D eigenvalue weighted by molar-refractivity contribution is 7.89. The van der Waals surface area contributed by atoms with Gasteiger partial charge in [-0.2, -0.15) is 4.31 Å². The maximum Gasteiger partial charge on any atom is 0.243 e. The number of carbonyl (C=O) groups is 2. The third kappa shape index (κ3) is 6.11. The van der Waals surface area contributed by atoms with Crippen LogP contribution in [0.25, 0.3) is 0 Å². The average molecular weight is 539 g/mol. The van der Waals surface area contributed by atoms with Gasteiger partial charge in [0.05, 0.1) is 23.5 Å². The van der Waals surface area contributed by atoms with Gasteiger partial charge in [-0.05, 0) is 80.9 Å². The first-order chi connectivity index (χ1) is 18.3. The summed E-state index contributed by atoms with van der Waals surface area (Å²) < 4.78 is 27.9. The van der Waals surface area contributed by atoms with Gasteiger partial charge in [0.1, 0.15) is 0 Å². The Labute approximate surface area is 225 Å². The van der Waals surface area contributed by atoms with E-state index in [9.17, 15) is 18.0 Å². The van der Waals surface area contributed by atoms with E-state index in [1.807, 2.05) is 6.92 Å². The van der Waals surface area contributed by atoms with E-state index < -0.39 is 16.1 Å². The van der Waals surface area contributed by atoms with Crippen LogP contribution in [-0.4, -0.2) is 61.7 Å². The molecule has 2 N–H and O–H groups in total. The molecule has 5 rings (SSSR count). The number of carbonyl (C=O) groups excluding carboxylic acids is 2. The van der Waals surface area contributed by atoms with Gasteiger partial charge in [0, 0.05) is 19.5 Å². The van der Waals surface area contributed by atoms with Crippen molar-refractivity contribution in [3.63, 3.8) is 0 Å². The van der Waals surface area contributed by atoms with Crippen LogP contribution in [0.4, 0.5) is 0 Å². The molecule has 204 valence electrons. The Morgan fingerprint density at radius 1 is 1.05 bits per heavy atom. The predicted octanol–water partition coefficient (Wildman–Crippen LogP) is 3.05. The van der Waals surface area contributed by atoms with Crippen molar-refractivity contribution in [2.45, 2.75) is 75.4 Å². The van der Waals surface area contributed by atoms with Gasteiger partial charge in [-0.1, -0.05) is 42.3 Å². The van der Waals surface area contributed by atoms with E-state index in [0.29, 0.717) is 0 Å². The highest BCUT2D eigenvalue weighted by Crippen LogP contribution is 2.31. The molecular formula is C29H38N4O4S. The molecule has 38 heavy (non-hydrogen) atoms. The minimum absolute atomic E-state index is 0.00967. The Bertz CT molecular complexity index is 1270. The molecule has 2 aromatic carbocycles. The van der Waals surface area contributed by atoms with Gasteiger partial charge in [-0.25, -0.2) is 8.42 Å². The molecule has 2 amide bonds. The van der Waals surface area contributed by atoms with E-state index in [4.69, 9.17) is 0 Å². The normalized spacial score (nSPS) is 22.9. The van der Waals surface area contributed by atoms with Crippen molar-refractivity contribution in [2.24, 2.45) is 0 Å². The van der Waals surface area contributed by atoms with Crippen LogP contribution in [0.2, 0.25) is 0 Å². The Balaban J connectivity index is 1.26. The topological polar surface area (TPSA) is 98.8 Å². The average Bonchev–Trinajstić information content (AvgIpc) is 2.90. The predicted molar refractivity (Wildman–Crippen MR) is 146 cm³/mol. The number of nitrogens with one attached hydrogen (secondary N) is 2. The molecule has 3 aliphatic rings. The monoisotopic (exact) mass is 538 g/mol. The number of fused-ring (bicyclic) bond motifs is 1. The Kier molecular flexibility index (Phi) is 8.16. The molecule has 2 saturated heterocycles. The van der Waals surface area contributed by atoms with Crippen molar-refractivity contribution in [1.29, 1.82) is 0 Å². The summed E-state index contributed by atoms with van der Waals surface area (Å²) in [6, 6.07) is 12.5. The molecule has 2 heterocycles. The molecule has 2 aliphatic heterocycles. The Hall–Kier alpha value is -2.75. The van der Waals surface area contributed by atoms with Gasteiger partial charge in [0.25, 0.3) is 0 Å². The van der Waals surface area contributed by atoms with E-state index in [2.05, 4.69) is 33.7 Å². The van der Waals surface area contributed by atoms with E-state index in [1.54, 1.807) is 24.3 Å². The number of sulfonamides is 1. The number of amides is 2. The fourth-order valence-electron chi connectivity index (χ4n) is 5.92. The molecule has 0 saturated carbocycles. The number of aryl methyl sites for hydroxylation is 2. The minimum Gasteiger partial charge on any atom is -0.353 e. The summed E-state index contributed by atoms with van der Waals surface area (Å²) in [5.41, 5.74) is 4.73. The second-order valence-corrected chi connectivity index (χ2v) is 12.8. The summed E-state index contributed by atoms with van der Waals surface area (Å²) in [4.78, 5) is 28.0. The molecule has 0 bridgehead atoms. The molecule has 2 aromatic rings. The van der Waals surface area contributed by atoms with Crippen molar-refractivity contribution in [1.82, 2.24) is 19.8 Å². The molecule has 8 nitrogen and oxygen atoms in total. The number of benzene rings is 2. The molecule has 2 atom stereocenters. The van der Waals surface area contributed by atoms with Crippen molar-refractivity contribution >= 4 is 21.8 Å². The molecule has 9 heteroatoms. The second-order valence-electron chi connectivity index (χ2n) is 10.9.